The molecule has 1 aromatic heterocycles. The Labute approximate surface area is 223 Å². The molecular weight excluding hydrogens is 549 g/mol. The normalized spacial score (nSPS) is 17.4. The van der Waals surface area contributed by atoms with Crippen LogP contribution in [0.5, 0.6) is 0 Å². The second kappa shape index (κ2) is 11.2. The van der Waals surface area contributed by atoms with E-state index in [1.54, 1.807) is 24.7 Å². The van der Waals surface area contributed by atoms with E-state index >= 15 is 0 Å². The summed E-state index contributed by atoms with van der Waals surface area (Å²) in [4.78, 5) is 2.76. The van der Waals surface area contributed by atoms with Gasteiger partial charge in [0.2, 0.25) is 0 Å². The second-order valence-corrected chi connectivity index (χ2v) is 11.4. The van der Waals surface area contributed by atoms with E-state index in [1.165, 1.54) is 56.4 Å². The zero-order chi connectivity index (χ0) is 20.5. The van der Waals surface area contributed by atoms with Gasteiger partial charge in [-0.2, -0.15) is 0 Å². The number of halogens is 2. The number of hydrogen-bond donors (Lipinski definition) is 0. The van der Waals surface area contributed by atoms with Gasteiger partial charge in [-0.3, -0.25) is 0 Å². The van der Waals surface area contributed by atoms with Gasteiger partial charge in [0, 0.05) is 5.31 Å². The Morgan fingerprint density at radius 1 is 0.844 bits per heavy atom. The number of allylic oxidation sites excluding steroid dienone is 7. The van der Waals surface area contributed by atoms with Crippen molar-refractivity contribution in [3.63, 3.8) is 0 Å². The fraction of sp³-hybridized carbons (Fsp3) is 0.0741. The molecule has 0 saturated heterocycles. The molecule has 0 fully saturated rings. The van der Waals surface area contributed by atoms with E-state index in [0.717, 1.165) is 0 Å². The molecule has 0 radical (unpaired) electrons. The van der Waals surface area contributed by atoms with E-state index < -0.39 is 0 Å². The van der Waals surface area contributed by atoms with Gasteiger partial charge in [0.05, 0.1) is 0 Å². The summed E-state index contributed by atoms with van der Waals surface area (Å²) in [7, 11) is 1.40. The molecule has 1 unspecified atom stereocenters. The van der Waals surface area contributed by atoms with Gasteiger partial charge in [-0.25, -0.2) is 0 Å². The first-order chi connectivity index (χ1) is 14.7. The summed E-state index contributed by atoms with van der Waals surface area (Å²) in [6.07, 6.45) is 11.1. The number of benzene rings is 2. The summed E-state index contributed by atoms with van der Waals surface area (Å²) in [6.45, 7) is 2.17. The fourth-order valence-corrected chi connectivity index (χ4v) is 7.44. The third-order valence-electron chi connectivity index (χ3n) is 5.36. The molecule has 0 bridgehead atoms. The van der Waals surface area contributed by atoms with Crippen LogP contribution in [-0.2, 0) is 24.7 Å². The van der Waals surface area contributed by atoms with Crippen LogP contribution in [0.25, 0.3) is 22.1 Å². The van der Waals surface area contributed by atoms with E-state index in [2.05, 4.69) is 104 Å². The summed E-state index contributed by atoms with van der Waals surface area (Å²) >= 11 is 3.47. The maximum absolute atomic E-state index is 2.37. The van der Waals surface area contributed by atoms with Crippen molar-refractivity contribution in [3.05, 3.63) is 118 Å². The van der Waals surface area contributed by atoms with E-state index in [-0.39, 0.29) is 24.8 Å². The van der Waals surface area contributed by atoms with Crippen molar-refractivity contribution in [1.29, 1.82) is 0 Å². The van der Waals surface area contributed by atoms with Gasteiger partial charge in [-0.1, -0.05) is 20.4 Å². The fourth-order valence-electron chi connectivity index (χ4n) is 3.88. The first kappa shape index (κ1) is 25.4. The van der Waals surface area contributed by atoms with Gasteiger partial charge in [0.15, 0.2) is 0 Å². The standard InChI is InChI=1S/C19H13S.C8H7P.2ClH.Zr/c1-2-6-14(7-3-1)18-10-11-19(20-18)17-12-15-8-4-5-9-16(15)13-17;1-6-5-7-3-2-4-8(7)9-6;;;/h1-13H;2-5H,1H3;2*1H;/q;;;;+2/p-2. The minimum atomic E-state index is 0. The molecule has 2 aliphatic carbocycles. The van der Waals surface area contributed by atoms with Crippen LogP contribution in [0.1, 0.15) is 26.6 Å². The molecule has 6 rings (SSSR count). The Bertz CT molecular complexity index is 1270. The van der Waals surface area contributed by atoms with Crippen LogP contribution in [0, 0.1) is 0 Å². The molecule has 1 aliphatic heterocycles. The summed E-state index contributed by atoms with van der Waals surface area (Å²) in [5.41, 5.74) is 7.09. The molecule has 0 nitrogen and oxygen atoms in total. The quantitative estimate of drug-likeness (QED) is 0.415. The topological polar surface area (TPSA) is 0 Å². The van der Waals surface area contributed by atoms with Crippen LogP contribution in [-0.4, -0.2) is 5.29 Å². The van der Waals surface area contributed by atoms with Crippen molar-refractivity contribution in [3.8, 4) is 10.4 Å². The van der Waals surface area contributed by atoms with Crippen molar-refractivity contribution in [2.75, 3.05) is 0 Å². The third-order valence-corrected chi connectivity index (χ3v) is 9.21. The predicted octanol–water partition coefficient (Wildman–Crippen LogP) is 2.08. The zero-order valence-corrected chi connectivity index (χ0v) is 23.1. The maximum atomic E-state index is 2.37. The molecule has 0 spiro atoms. The Morgan fingerprint density at radius 3 is 2.31 bits per heavy atom. The molecule has 2 heterocycles. The Hall–Kier alpha value is -1.27. The molecule has 1 atom stereocenters. The van der Waals surface area contributed by atoms with Crippen molar-refractivity contribution in [2.45, 2.75) is 10.5 Å². The van der Waals surface area contributed by atoms with Crippen LogP contribution >= 0.6 is 19.5 Å². The molecule has 157 valence electrons. The molecule has 32 heavy (non-hydrogen) atoms. The third kappa shape index (κ3) is 5.27. The molecule has 0 saturated carbocycles. The molecular formula is C27H20Cl2PSZr. The van der Waals surface area contributed by atoms with E-state index in [1.807, 2.05) is 11.3 Å². The average molecular weight is 570 g/mol. The molecule has 3 aromatic rings. The number of rotatable bonds is 2. The van der Waals surface area contributed by atoms with Crippen molar-refractivity contribution < 1.29 is 49.5 Å². The van der Waals surface area contributed by atoms with Gasteiger partial charge in [-0.05, 0) is 29.9 Å². The molecule has 5 heteroatoms. The summed E-state index contributed by atoms with van der Waals surface area (Å²) in [5.74, 6) is 0. The minimum absolute atomic E-state index is 0. The van der Waals surface area contributed by atoms with Crippen LogP contribution in [0.3, 0.4) is 0 Å². The monoisotopic (exact) mass is 567 g/mol. The Morgan fingerprint density at radius 2 is 1.56 bits per heavy atom. The Kier molecular flexibility index (Phi) is 8.91. The van der Waals surface area contributed by atoms with E-state index in [4.69, 9.17) is 0 Å². The summed E-state index contributed by atoms with van der Waals surface area (Å²) in [5, 5.41) is 2.92. The first-order valence-corrected chi connectivity index (χ1v) is 13.1. The van der Waals surface area contributed by atoms with Gasteiger partial charge >= 0.3 is 145 Å². The number of thiophene rings is 1. The van der Waals surface area contributed by atoms with E-state index in [9.17, 15) is 0 Å². The van der Waals surface area contributed by atoms with Gasteiger partial charge in [-0.15, -0.1) is 0 Å². The van der Waals surface area contributed by atoms with Crippen LogP contribution < -0.4 is 24.8 Å². The van der Waals surface area contributed by atoms with Crippen molar-refractivity contribution in [2.24, 2.45) is 0 Å². The number of fused-ring (bicyclic) bond motifs is 2. The van der Waals surface area contributed by atoms with Crippen LogP contribution in [0.15, 0.2) is 102 Å². The average Bonchev–Trinajstić information content (AvgIpc) is 3.53. The van der Waals surface area contributed by atoms with Crippen molar-refractivity contribution in [1.82, 2.24) is 0 Å². The van der Waals surface area contributed by atoms with Gasteiger partial charge in [0.1, 0.15) is 0 Å². The van der Waals surface area contributed by atoms with Gasteiger partial charge < -0.3 is 24.8 Å². The first-order valence-electron chi connectivity index (χ1n) is 10.0. The van der Waals surface area contributed by atoms with Gasteiger partial charge in [0.25, 0.3) is 0 Å². The summed E-state index contributed by atoms with van der Waals surface area (Å²) in [6, 6.07) is 23.9. The summed E-state index contributed by atoms with van der Waals surface area (Å²) < 4.78 is 0.579. The van der Waals surface area contributed by atoms with E-state index in [0.29, 0.717) is 3.63 Å². The second-order valence-electron chi connectivity index (χ2n) is 7.46. The molecule has 3 aliphatic rings. The van der Waals surface area contributed by atoms with Crippen molar-refractivity contribution >= 4 is 36.5 Å². The predicted molar refractivity (Wildman–Crippen MR) is 130 cm³/mol. The van der Waals surface area contributed by atoms with Crippen LogP contribution in [0.2, 0.25) is 0 Å². The molecule has 2 aromatic carbocycles. The Balaban J connectivity index is 0.000000222. The zero-order valence-electron chi connectivity index (χ0n) is 17.4. The molecule has 0 amide bonds. The number of hydrogen-bond acceptors (Lipinski definition) is 1. The SMILES string of the molecule is CC1=PC2=CC=CC2=C1.[Cl-].[Cl-].[Zr+2][CH]1C(c2ccc(-c3ccccc3)s2)=Cc2ccccc21. The van der Waals surface area contributed by atoms with Crippen LogP contribution in [0.4, 0.5) is 0 Å². The molecule has 0 N–H and O–H groups in total.